The summed E-state index contributed by atoms with van der Waals surface area (Å²) in [7, 11) is 0. The van der Waals surface area contributed by atoms with Gasteiger partial charge in [0, 0.05) is 29.4 Å². The Labute approximate surface area is 150 Å². The monoisotopic (exact) mass is 359 g/mol. The van der Waals surface area contributed by atoms with Crippen molar-refractivity contribution in [2.45, 2.75) is 30.7 Å². The molecule has 4 nitrogen and oxygen atoms in total. The van der Waals surface area contributed by atoms with Gasteiger partial charge in [-0.2, -0.15) is 0 Å². The summed E-state index contributed by atoms with van der Waals surface area (Å²) in [6.45, 7) is 3.05. The lowest BCUT2D eigenvalue weighted by atomic mass is 10.1. The number of anilines is 3. The zero-order chi connectivity index (χ0) is 16.4. The Kier molecular flexibility index (Phi) is 4.67. The first-order valence-electron chi connectivity index (χ1n) is 8.41. The van der Waals surface area contributed by atoms with E-state index in [0.717, 1.165) is 31.0 Å². The predicted octanol–water partition coefficient (Wildman–Crippen LogP) is 4.39. The molecule has 1 amide bonds. The summed E-state index contributed by atoms with van der Waals surface area (Å²) >= 11 is 3.40. The van der Waals surface area contributed by atoms with Crippen molar-refractivity contribution in [1.29, 1.82) is 0 Å². The van der Waals surface area contributed by atoms with E-state index in [1.807, 2.05) is 0 Å². The summed E-state index contributed by atoms with van der Waals surface area (Å²) in [6.07, 6.45) is 3.83. The van der Waals surface area contributed by atoms with Crippen molar-refractivity contribution < 1.29 is 4.79 Å². The number of nitrogens with one attached hydrogen (secondary N) is 2. The van der Waals surface area contributed by atoms with E-state index in [2.05, 4.69) is 45.2 Å². The minimum atomic E-state index is 0.0856. The second-order valence-electron chi connectivity index (χ2n) is 6.18. The molecule has 126 valence electrons. The normalized spacial score (nSPS) is 17.3. The van der Waals surface area contributed by atoms with E-state index in [4.69, 9.17) is 0 Å². The Morgan fingerprint density at radius 1 is 1.21 bits per heavy atom. The maximum absolute atomic E-state index is 11.7. The van der Waals surface area contributed by atoms with Gasteiger partial charge in [-0.05, 0) is 42.8 Å². The van der Waals surface area contributed by atoms with E-state index in [9.17, 15) is 4.79 Å². The fraction of sp³-hybridized carbons (Fsp3) is 0.389. The van der Waals surface area contributed by atoms with Crippen molar-refractivity contribution in [3.8, 4) is 0 Å². The maximum atomic E-state index is 11.7. The molecule has 4 rings (SSSR count). The molecule has 2 aliphatic heterocycles. The average molecular weight is 360 g/mol. The summed E-state index contributed by atoms with van der Waals surface area (Å²) < 4.78 is 0. The number of thioether (sulfide) groups is 1. The Balaban J connectivity index is 1.64. The van der Waals surface area contributed by atoms with Crippen molar-refractivity contribution in [1.82, 2.24) is 0 Å². The number of hydrogen-bond acceptors (Lipinski definition) is 5. The van der Waals surface area contributed by atoms with Crippen LogP contribution in [0.15, 0.2) is 34.5 Å². The molecule has 1 aromatic carbocycles. The predicted molar refractivity (Wildman–Crippen MR) is 104 cm³/mol. The van der Waals surface area contributed by atoms with Crippen LogP contribution in [0.4, 0.5) is 17.1 Å². The molecule has 2 aromatic rings. The first-order valence-corrected chi connectivity index (χ1v) is 10.3. The van der Waals surface area contributed by atoms with Gasteiger partial charge in [-0.1, -0.05) is 6.07 Å². The maximum Gasteiger partial charge on any atom is 0.234 e. The van der Waals surface area contributed by atoms with E-state index in [1.54, 1.807) is 23.1 Å². The van der Waals surface area contributed by atoms with Crippen LogP contribution < -0.4 is 15.5 Å². The molecule has 2 aliphatic rings. The third kappa shape index (κ3) is 3.39. The Hall–Kier alpha value is -1.66. The molecule has 0 radical (unpaired) electrons. The highest BCUT2D eigenvalue weighted by molar-refractivity contribution is 8.00. The van der Waals surface area contributed by atoms with Gasteiger partial charge >= 0.3 is 0 Å². The van der Waals surface area contributed by atoms with Gasteiger partial charge in [-0.15, -0.1) is 23.1 Å². The van der Waals surface area contributed by atoms with Crippen molar-refractivity contribution in [3.63, 3.8) is 0 Å². The highest BCUT2D eigenvalue weighted by Crippen LogP contribution is 2.40. The molecule has 2 N–H and O–H groups in total. The molecule has 0 atom stereocenters. The van der Waals surface area contributed by atoms with Gasteiger partial charge < -0.3 is 15.5 Å². The summed E-state index contributed by atoms with van der Waals surface area (Å²) in [5.41, 5.74) is 3.33. The topological polar surface area (TPSA) is 44.4 Å². The number of carbonyl (C=O) groups excluding carboxylic acids is 1. The minimum Gasteiger partial charge on any atom is -0.378 e. The lowest BCUT2D eigenvalue weighted by molar-refractivity contribution is -0.113. The molecule has 3 heterocycles. The van der Waals surface area contributed by atoms with Crippen molar-refractivity contribution in [2.24, 2.45) is 0 Å². The van der Waals surface area contributed by atoms with Crippen LogP contribution in [-0.2, 0) is 11.3 Å². The molecule has 0 aliphatic carbocycles. The van der Waals surface area contributed by atoms with Gasteiger partial charge in [0.25, 0.3) is 0 Å². The van der Waals surface area contributed by atoms with Gasteiger partial charge in [0.15, 0.2) is 0 Å². The average Bonchev–Trinajstić information content (AvgIpc) is 3.13. The molecule has 0 unspecified atom stereocenters. The number of carbonyl (C=O) groups is 1. The number of benzene rings is 1. The van der Waals surface area contributed by atoms with Gasteiger partial charge in [0.2, 0.25) is 5.91 Å². The fourth-order valence-electron chi connectivity index (χ4n) is 3.25. The smallest absolute Gasteiger partial charge is 0.234 e. The Morgan fingerprint density at radius 3 is 2.88 bits per heavy atom. The van der Waals surface area contributed by atoms with E-state index in [-0.39, 0.29) is 5.91 Å². The second-order valence-corrected chi connectivity index (χ2v) is 8.23. The van der Waals surface area contributed by atoms with Gasteiger partial charge in [0.1, 0.15) is 0 Å². The van der Waals surface area contributed by atoms with Gasteiger partial charge in [-0.3, -0.25) is 4.79 Å². The lowest BCUT2D eigenvalue weighted by Gasteiger charge is -2.32. The third-order valence-electron chi connectivity index (χ3n) is 4.46. The van der Waals surface area contributed by atoms with Crippen molar-refractivity contribution >= 4 is 46.1 Å². The van der Waals surface area contributed by atoms with Crippen LogP contribution in [0.5, 0.6) is 0 Å². The number of nitrogens with zero attached hydrogens (tertiary/aromatic N) is 1. The first kappa shape index (κ1) is 15.8. The van der Waals surface area contributed by atoms with Crippen molar-refractivity contribution in [3.05, 3.63) is 34.5 Å². The number of rotatable bonds is 4. The van der Waals surface area contributed by atoms with Crippen LogP contribution in [0, 0.1) is 0 Å². The van der Waals surface area contributed by atoms with Crippen LogP contribution in [0.2, 0.25) is 0 Å². The number of thiophene rings is 1. The molecule has 1 saturated heterocycles. The third-order valence-corrected chi connectivity index (χ3v) is 6.39. The van der Waals surface area contributed by atoms with Crippen molar-refractivity contribution in [2.75, 3.05) is 34.4 Å². The molecule has 6 heteroatoms. The molecule has 1 fully saturated rings. The molecular formula is C18H21N3OS2. The van der Waals surface area contributed by atoms with Crippen LogP contribution >= 0.6 is 23.1 Å². The highest BCUT2D eigenvalue weighted by atomic mass is 32.2. The van der Waals surface area contributed by atoms with E-state index in [0.29, 0.717) is 5.75 Å². The summed E-state index contributed by atoms with van der Waals surface area (Å²) in [5, 5.41) is 8.70. The standard InChI is InChI=1S/C18H21N3OS2/c22-18-12-24-17-10-16(21-6-2-1-3-7-21)14(9-15(17)20-18)19-11-13-5-4-8-23-13/h4-5,8-10,19H,1-3,6-7,11-12H2,(H,20,22). The van der Waals surface area contributed by atoms with Crippen LogP contribution in [-0.4, -0.2) is 24.7 Å². The summed E-state index contributed by atoms with van der Waals surface area (Å²) in [5.74, 6) is 0.594. The largest absolute Gasteiger partial charge is 0.378 e. The first-order chi connectivity index (χ1) is 11.8. The fourth-order valence-corrected chi connectivity index (χ4v) is 4.71. The summed E-state index contributed by atoms with van der Waals surface area (Å²) in [6, 6.07) is 8.59. The lowest BCUT2D eigenvalue weighted by Crippen LogP contribution is -2.30. The van der Waals surface area contributed by atoms with E-state index >= 15 is 0 Å². The van der Waals surface area contributed by atoms with E-state index in [1.165, 1.54) is 34.7 Å². The summed E-state index contributed by atoms with van der Waals surface area (Å²) in [4.78, 5) is 16.7. The zero-order valence-electron chi connectivity index (χ0n) is 13.5. The highest BCUT2D eigenvalue weighted by Gasteiger charge is 2.21. The van der Waals surface area contributed by atoms with Crippen LogP contribution in [0.1, 0.15) is 24.1 Å². The SMILES string of the molecule is O=C1CSc2cc(N3CCCCC3)c(NCc3cccs3)cc2N1. The molecule has 0 spiro atoms. The van der Waals surface area contributed by atoms with E-state index < -0.39 is 0 Å². The molecule has 0 bridgehead atoms. The zero-order valence-corrected chi connectivity index (χ0v) is 15.1. The van der Waals surface area contributed by atoms with Gasteiger partial charge in [0.05, 0.1) is 22.8 Å². The van der Waals surface area contributed by atoms with Crippen LogP contribution in [0.25, 0.3) is 0 Å². The Morgan fingerprint density at radius 2 is 2.08 bits per heavy atom. The van der Waals surface area contributed by atoms with Crippen LogP contribution in [0.3, 0.4) is 0 Å². The second kappa shape index (κ2) is 7.07. The quantitative estimate of drug-likeness (QED) is 0.849. The molecular weight excluding hydrogens is 338 g/mol. The molecule has 0 saturated carbocycles. The number of hydrogen-bond donors (Lipinski definition) is 2. The van der Waals surface area contributed by atoms with Gasteiger partial charge in [-0.25, -0.2) is 0 Å². The number of piperidine rings is 1. The number of fused-ring (bicyclic) bond motifs is 1. The Bertz CT molecular complexity index is 724. The molecule has 24 heavy (non-hydrogen) atoms. The minimum absolute atomic E-state index is 0.0856. The molecule has 1 aromatic heterocycles. The number of amides is 1.